The number of aromatic nitrogens is 3. The van der Waals surface area contributed by atoms with Gasteiger partial charge in [-0.2, -0.15) is 4.68 Å². The number of methoxy groups -OCH3 is 1. The van der Waals surface area contributed by atoms with Gasteiger partial charge in [0.25, 0.3) is 6.43 Å². The highest BCUT2D eigenvalue weighted by Gasteiger charge is 2.18. The van der Waals surface area contributed by atoms with Crippen LogP contribution in [-0.4, -0.2) is 21.9 Å². The Morgan fingerprint density at radius 2 is 2.05 bits per heavy atom. The minimum atomic E-state index is -2.89. The van der Waals surface area contributed by atoms with Gasteiger partial charge in [0.2, 0.25) is 0 Å². The third-order valence-corrected chi connectivity index (χ3v) is 2.89. The molecule has 2 aromatic rings. The number of nitrogens with zero attached hydrogens (tertiary/aromatic N) is 2. The van der Waals surface area contributed by atoms with Crippen molar-refractivity contribution in [2.24, 2.45) is 0 Å². The summed E-state index contributed by atoms with van der Waals surface area (Å²) in [5.74, 6) is -0.496. The quantitative estimate of drug-likeness (QED) is 0.948. The minimum Gasteiger partial charge on any atom is -0.495 e. The first-order valence-corrected chi connectivity index (χ1v) is 5.70. The lowest BCUT2D eigenvalue weighted by Gasteiger charge is -2.07. The second kappa shape index (κ2) is 5.18. The van der Waals surface area contributed by atoms with Crippen molar-refractivity contribution >= 4 is 23.2 Å². The maximum Gasteiger partial charge on any atom is 0.348 e. The van der Waals surface area contributed by atoms with Crippen molar-refractivity contribution in [3.63, 3.8) is 0 Å². The van der Waals surface area contributed by atoms with Crippen molar-refractivity contribution in [2.75, 3.05) is 7.11 Å². The van der Waals surface area contributed by atoms with Crippen molar-refractivity contribution < 1.29 is 13.5 Å². The van der Waals surface area contributed by atoms with Gasteiger partial charge in [-0.25, -0.2) is 13.6 Å². The van der Waals surface area contributed by atoms with Gasteiger partial charge in [-0.15, -0.1) is 5.10 Å². The highest BCUT2D eigenvalue weighted by Crippen LogP contribution is 2.32. The summed E-state index contributed by atoms with van der Waals surface area (Å²) in [5.41, 5.74) is -0.738. The van der Waals surface area contributed by atoms with Crippen LogP contribution in [0.1, 0.15) is 12.2 Å². The van der Waals surface area contributed by atoms with E-state index in [1.807, 2.05) is 4.98 Å². The van der Waals surface area contributed by atoms with Crippen LogP contribution in [0.25, 0.3) is 5.69 Å². The molecule has 2 rings (SSSR count). The largest absolute Gasteiger partial charge is 0.495 e. The van der Waals surface area contributed by atoms with E-state index in [-0.39, 0.29) is 21.5 Å². The SMILES string of the molecule is COc1cc(-n2nc(C(F)F)[nH]c2=O)c(Cl)cc1Cl. The molecule has 1 N–H and O–H groups in total. The molecule has 0 amide bonds. The zero-order valence-electron chi connectivity index (χ0n) is 9.45. The molecule has 0 bridgehead atoms. The molecular formula is C10H7Cl2F2N3O2. The fourth-order valence-electron chi connectivity index (χ4n) is 1.44. The summed E-state index contributed by atoms with van der Waals surface area (Å²) in [7, 11) is 1.37. The van der Waals surface area contributed by atoms with E-state index in [4.69, 9.17) is 27.9 Å². The van der Waals surface area contributed by atoms with Crippen molar-refractivity contribution in [3.8, 4) is 11.4 Å². The fourth-order valence-corrected chi connectivity index (χ4v) is 1.98. The molecular weight excluding hydrogens is 303 g/mol. The summed E-state index contributed by atoms with van der Waals surface area (Å²) >= 11 is 11.8. The van der Waals surface area contributed by atoms with Crippen LogP contribution in [0.2, 0.25) is 10.0 Å². The standard InChI is InChI=1S/C10H7Cl2F2N3O2/c1-19-7-3-6(4(11)2-5(7)12)17-10(18)15-9(16-17)8(13)14/h2-3,8H,1H3,(H,15,16,18). The highest BCUT2D eigenvalue weighted by molar-refractivity contribution is 6.36. The normalized spacial score (nSPS) is 11.1. The first-order valence-electron chi connectivity index (χ1n) is 4.95. The van der Waals surface area contributed by atoms with Gasteiger partial charge in [-0.1, -0.05) is 23.2 Å². The molecule has 1 heterocycles. The topological polar surface area (TPSA) is 59.9 Å². The Kier molecular flexibility index (Phi) is 3.77. The highest BCUT2D eigenvalue weighted by atomic mass is 35.5. The first kappa shape index (κ1) is 13.8. The predicted molar refractivity (Wildman–Crippen MR) is 65.7 cm³/mol. The number of hydrogen-bond acceptors (Lipinski definition) is 3. The number of H-pyrrole nitrogens is 1. The number of benzene rings is 1. The molecule has 0 aliphatic carbocycles. The molecule has 5 nitrogen and oxygen atoms in total. The second-order valence-electron chi connectivity index (χ2n) is 3.47. The van der Waals surface area contributed by atoms with Gasteiger partial charge in [-0.3, -0.25) is 4.98 Å². The minimum absolute atomic E-state index is 0.0835. The number of alkyl halides is 2. The van der Waals surface area contributed by atoms with E-state index in [1.165, 1.54) is 19.2 Å². The summed E-state index contributed by atoms with van der Waals surface area (Å²) in [6, 6.07) is 2.67. The lowest BCUT2D eigenvalue weighted by molar-refractivity contribution is 0.140. The molecule has 1 aromatic heterocycles. The van der Waals surface area contributed by atoms with E-state index in [0.29, 0.717) is 0 Å². The molecule has 0 atom stereocenters. The smallest absolute Gasteiger partial charge is 0.348 e. The van der Waals surface area contributed by atoms with Crippen LogP contribution in [0.4, 0.5) is 8.78 Å². The van der Waals surface area contributed by atoms with Crippen LogP contribution < -0.4 is 10.4 Å². The average molecular weight is 310 g/mol. The van der Waals surface area contributed by atoms with Crippen molar-refractivity contribution in [1.29, 1.82) is 0 Å². The lowest BCUT2D eigenvalue weighted by Crippen LogP contribution is -2.16. The van der Waals surface area contributed by atoms with Crippen LogP contribution in [0.15, 0.2) is 16.9 Å². The fraction of sp³-hybridized carbons (Fsp3) is 0.200. The molecule has 102 valence electrons. The van der Waals surface area contributed by atoms with E-state index >= 15 is 0 Å². The molecule has 0 aliphatic heterocycles. The van der Waals surface area contributed by atoms with Crippen molar-refractivity contribution in [1.82, 2.24) is 14.8 Å². The van der Waals surface area contributed by atoms with Crippen LogP contribution >= 0.6 is 23.2 Å². The molecule has 0 unspecified atom stereocenters. The molecule has 0 spiro atoms. The monoisotopic (exact) mass is 309 g/mol. The maximum atomic E-state index is 12.5. The number of aromatic amines is 1. The van der Waals surface area contributed by atoms with Crippen LogP contribution in [0, 0.1) is 0 Å². The van der Waals surface area contributed by atoms with Gasteiger partial charge in [0.15, 0.2) is 5.82 Å². The third kappa shape index (κ3) is 2.57. The summed E-state index contributed by atoms with van der Waals surface area (Å²) in [4.78, 5) is 13.5. The summed E-state index contributed by atoms with van der Waals surface area (Å²) in [6.45, 7) is 0. The Balaban J connectivity index is 2.62. The predicted octanol–water partition coefficient (Wildman–Crippen LogP) is 2.81. The van der Waals surface area contributed by atoms with E-state index in [1.54, 1.807) is 0 Å². The van der Waals surface area contributed by atoms with E-state index in [0.717, 1.165) is 4.68 Å². The molecule has 0 saturated heterocycles. The molecule has 0 saturated carbocycles. The number of hydrogen-bond donors (Lipinski definition) is 1. The van der Waals surface area contributed by atoms with E-state index in [9.17, 15) is 13.6 Å². The summed E-state index contributed by atoms with van der Waals surface area (Å²) in [5, 5.41) is 3.77. The second-order valence-corrected chi connectivity index (χ2v) is 4.28. The first-order chi connectivity index (χ1) is 8.93. The van der Waals surface area contributed by atoms with Crippen molar-refractivity contribution in [3.05, 3.63) is 38.5 Å². The zero-order valence-corrected chi connectivity index (χ0v) is 11.0. The number of ether oxygens (including phenoxy) is 1. The Morgan fingerprint density at radius 1 is 1.37 bits per heavy atom. The summed E-state index contributed by atoms with van der Waals surface area (Å²) < 4.78 is 30.6. The average Bonchev–Trinajstić information content (AvgIpc) is 2.72. The molecule has 9 heteroatoms. The van der Waals surface area contributed by atoms with Gasteiger partial charge < -0.3 is 4.74 Å². The van der Waals surface area contributed by atoms with Crippen molar-refractivity contribution in [2.45, 2.75) is 6.43 Å². The Bertz CT molecular complexity index is 669. The molecule has 19 heavy (non-hydrogen) atoms. The zero-order chi connectivity index (χ0) is 14.2. The Labute approximate surface area is 115 Å². The molecule has 0 fully saturated rings. The maximum absolute atomic E-state index is 12.5. The third-order valence-electron chi connectivity index (χ3n) is 2.29. The van der Waals surface area contributed by atoms with Gasteiger partial charge >= 0.3 is 5.69 Å². The van der Waals surface area contributed by atoms with Gasteiger partial charge in [0.05, 0.1) is 22.8 Å². The van der Waals surface area contributed by atoms with Crippen LogP contribution in [0.5, 0.6) is 5.75 Å². The van der Waals surface area contributed by atoms with E-state index in [2.05, 4.69) is 5.10 Å². The van der Waals surface area contributed by atoms with Gasteiger partial charge in [0.1, 0.15) is 5.75 Å². The molecule has 0 radical (unpaired) electrons. The number of halogens is 4. The Morgan fingerprint density at radius 3 is 2.58 bits per heavy atom. The van der Waals surface area contributed by atoms with Gasteiger partial charge in [0, 0.05) is 6.07 Å². The Hall–Kier alpha value is -1.60. The van der Waals surface area contributed by atoms with Crippen LogP contribution in [0.3, 0.4) is 0 Å². The molecule has 1 aromatic carbocycles. The summed E-state index contributed by atoms with van der Waals surface area (Å²) in [6.07, 6.45) is -2.89. The number of rotatable bonds is 3. The lowest BCUT2D eigenvalue weighted by atomic mass is 10.3. The number of nitrogens with one attached hydrogen (secondary N) is 1. The van der Waals surface area contributed by atoms with Gasteiger partial charge in [-0.05, 0) is 6.07 Å². The van der Waals surface area contributed by atoms with E-state index < -0.39 is 17.9 Å². The molecule has 0 aliphatic rings. The van der Waals surface area contributed by atoms with Crippen LogP contribution in [-0.2, 0) is 0 Å².